The summed E-state index contributed by atoms with van der Waals surface area (Å²) in [6.07, 6.45) is -0.674. The van der Waals surface area contributed by atoms with Crippen LogP contribution in [0, 0.1) is 0 Å². The number of hydrogen-bond donors (Lipinski definition) is 1. The number of pyridine rings is 2. The lowest BCUT2D eigenvalue weighted by Crippen LogP contribution is -2.19. The number of rotatable bonds is 6. The first-order chi connectivity index (χ1) is 15.9. The number of hydrogen-bond acceptors (Lipinski definition) is 7. The second-order valence-corrected chi connectivity index (χ2v) is 9.09. The smallest absolute Gasteiger partial charge is 0.433 e. The van der Waals surface area contributed by atoms with Crippen LogP contribution in [0.4, 0.5) is 18.9 Å². The molecule has 0 spiro atoms. The van der Waals surface area contributed by atoms with Gasteiger partial charge in [-0.1, -0.05) is 19.9 Å². The monoisotopic (exact) mass is 502 g/mol. The van der Waals surface area contributed by atoms with Crippen molar-refractivity contribution in [3.8, 4) is 0 Å². The van der Waals surface area contributed by atoms with E-state index in [0.29, 0.717) is 5.69 Å². The van der Waals surface area contributed by atoms with Gasteiger partial charge in [0.15, 0.2) is 0 Å². The zero-order chi connectivity index (χ0) is 25.7. The van der Waals surface area contributed by atoms with Gasteiger partial charge in [-0.15, -0.1) is 0 Å². The van der Waals surface area contributed by atoms with Crippen molar-refractivity contribution in [1.29, 1.82) is 0 Å². The zero-order valence-corrected chi connectivity index (χ0v) is 19.6. The molecule has 1 N–H and O–H groups in total. The number of nitrogens with zero attached hydrogens (tertiary/aromatic N) is 3. The van der Waals surface area contributed by atoms with Crippen LogP contribution in [-0.4, -0.2) is 53.8 Å². The molecule has 186 valence electrons. The standard InChI is InChI=1S/C19H17F3N4O5S.C2H6.H2/c1-31-18(28)12-8-16-23-11(6-7-32(2,29)30)9-26(16)10-14(12)25-17(27)13-4-3-5-15(24-13)19(20,21)22;1-2;/h3-5,8-10H,6-7H2,1-2H3,(H,25,27);1-2H3;1H. The number of carbonyl (C=O) groups excluding carboxylic acids is 2. The number of carbonyl (C=O) groups is 2. The molecule has 9 nitrogen and oxygen atoms in total. The molecule has 0 aliphatic carbocycles. The fraction of sp³-hybridized carbons (Fsp3) is 0.333. The van der Waals surface area contributed by atoms with Gasteiger partial charge in [-0.2, -0.15) is 13.2 Å². The molecular weight excluding hydrogens is 477 g/mol. The number of halogens is 3. The van der Waals surface area contributed by atoms with E-state index in [1.807, 2.05) is 13.8 Å². The van der Waals surface area contributed by atoms with E-state index in [2.05, 4.69) is 15.3 Å². The number of aromatic nitrogens is 3. The number of nitrogens with one attached hydrogen (secondary N) is 1. The fourth-order valence-corrected chi connectivity index (χ4v) is 3.36. The maximum Gasteiger partial charge on any atom is 0.433 e. The van der Waals surface area contributed by atoms with Gasteiger partial charge in [0.05, 0.1) is 29.8 Å². The van der Waals surface area contributed by atoms with Gasteiger partial charge in [0.2, 0.25) is 0 Å². The van der Waals surface area contributed by atoms with Crippen molar-refractivity contribution >= 4 is 33.0 Å². The largest absolute Gasteiger partial charge is 0.465 e. The maximum absolute atomic E-state index is 12.9. The minimum atomic E-state index is -4.73. The third-order valence-electron chi connectivity index (χ3n) is 4.30. The van der Waals surface area contributed by atoms with Crippen LogP contribution < -0.4 is 5.32 Å². The molecule has 3 heterocycles. The lowest BCUT2D eigenvalue weighted by molar-refractivity contribution is -0.141. The summed E-state index contributed by atoms with van der Waals surface area (Å²) < 4.78 is 67.6. The van der Waals surface area contributed by atoms with Crippen molar-refractivity contribution in [3.63, 3.8) is 0 Å². The quantitative estimate of drug-likeness (QED) is 0.511. The molecule has 0 aromatic carbocycles. The van der Waals surface area contributed by atoms with Gasteiger partial charge in [-0.05, 0) is 18.2 Å². The lowest BCUT2D eigenvalue weighted by atomic mass is 10.2. The molecule has 34 heavy (non-hydrogen) atoms. The molecule has 3 aromatic rings. The van der Waals surface area contributed by atoms with Crippen molar-refractivity contribution in [2.45, 2.75) is 26.4 Å². The Hall–Kier alpha value is -3.48. The first kappa shape index (κ1) is 26.8. The maximum atomic E-state index is 12.9. The number of methoxy groups -OCH3 is 1. The average Bonchev–Trinajstić information content (AvgIpc) is 3.19. The SMILES string of the molecule is CC.COC(=O)c1cc2nc(CCS(C)(=O)=O)cn2cc1NC(=O)c1cccc(C(F)(F)F)n1.[HH]. The summed E-state index contributed by atoms with van der Waals surface area (Å²) in [4.78, 5) is 32.3. The van der Waals surface area contributed by atoms with Crippen molar-refractivity contribution in [3.05, 3.63) is 59.3 Å². The highest BCUT2D eigenvalue weighted by Gasteiger charge is 2.33. The molecule has 0 saturated heterocycles. The third-order valence-corrected chi connectivity index (χ3v) is 5.24. The van der Waals surface area contributed by atoms with Crippen molar-refractivity contribution in [2.75, 3.05) is 24.4 Å². The fourth-order valence-electron chi connectivity index (χ4n) is 2.78. The van der Waals surface area contributed by atoms with E-state index in [-0.39, 0.29) is 30.5 Å². The molecule has 0 aliphatic rings. The number of alkyl halides is 3. The summed E-state index contributed by atoms with van der Waals surface area (Å²) in [5.41, 5.74) is -1.19. The van der Waals surface area contributed by atoms with Gasteiger partial charge in [0.25, 0.3) is 5.91 Å². The number of imidazole rings is 1. The van der Waals surface area contributed by atoms with Crippen LogP contribution in [0.25, 0.3) is 5.65 Å². The highest BCUT2D eigenvalue weighted by Crippen LogP contribution is 2.27. The van der Waals surface area contributed by atoms with Gasteiger partial charge < -0.3 is 14.5 Å². The summed E-state index contributed by atoms with van der Waals surface area (Å²) in [5, 5.41) is 2.36. The van der Waals surface area contributed by atoms with E-state index in [1.54, 1.807) is 0 Å². The summed E-state index contributed by atoms with van der Waals surface area (Å²) in [6.45, 7) is 4.00. The van der Waals surface area contributed by atoms with Gasteiger partial charge >= 0.3 is 12.1 Å². The number of ether oxygens (including phenoxy) is 1. The Morgan fingerprint density at radius 2 is 1.85 bits per heavy atom. The Labute approximate surface area is 195 Å². The van der Waals surface area contributed by atoms with E-state index < -0.39 is 39.3 Å². The van der Waals surface area contributed by atoms with Crippen LogP contribution in [0.1, 0.15) is 47.5 Å². The van der Waals surface area contributed by atoms with Gasteiger partial charge in [0.1, 0.15) is 26.9 Å². The van der Waals surface area contributed by atoms with Gasteiger partial charge in [0, 0.05) is 26.5 Å². The van der Waals surface area contributed by atoms with Crippen LogP contribution in [0.15, 0.2) is 36.7 Å². The van der Waals surface area contributed by atoms with Crippen LogP contribution in [-0.2, 0) is 27.2 Å². The van der Waals surface area contributed by atoms with Crippen LogP contribution in [0.2, 0.25) is 0 Å². The summed E-state index contributed by atoms with van der Waals surface area (Å²) in [7, 11) is -2.10. The first-order valence-electron chi connectivity index (χ1n) is 10.0. The number of sulfone groups is 1. The summed E-state index contributed by atoms with van der Waals surface area (Å²) in [6, 6.07) is 4.18. The van der Waals surface area contributed by atoms with E-state index in [1.165, 1.54) is 22.9 Å². The summed E-state index contributed by atoms with van der Waals surface area (Å²) >= 11 is 0. The molecule has 0 saturated carbocycles. The number of aryl methyl sites for hydroxylation is 1. The second-order valence-electron chi connectivity index (χ2n) is 6.83. The molecule has 0 atom stereocenters. The third kappa shape index (κ3) is 6.76. The lowest BCUT2D eigenvalue weighted by Gasteiger charge is -2.11. The Morgan fingerprint density at radius 1 is 1.18 bits per heavy atom. The van der Waals surface area contributed by atoms with E-state index in [0.717, 1.165) is 31.6 Å². The van der Waals surface area contributed by atoms with E-state index in [4.69, 9.17) is 4.74 Å². The molecule has 1 amide bonds. The molecule has 13 heteroatoms. The minimum Gasteiger partial charge on any atom is -0.465 e. The van der Waals surface area contributed by atoms with Crippen LogP contribution >= 0.6 is 0 Å². The van der Waals surface area contributed by atoms with E-state index >= 15 is 0 Å². The zero-order valence-electron chi connectivity index (χ0n) is 18.8. The molecule has 0 aliphatic heterocycles. The van der Waals surface area contributed by atoms with Crippen molar-refractivity contribution in [2.24, 2.45) is 0 Å². The topological polar surface area (TPSA) is 120 Å². The van der Waals surface area contributed by atoms with E-state index in [9.17, 15) is 31.2 Å². The predicted molar refractivity (Wildman–Crippen MR) is 121 cm³/mol. The molecule has 0 unspecified atom stereocenters. The number of fused-ring (bicyclic) bond motifs is 1. The highest BCUT2D eigenvalue weighted by molar-refractivity contribution is 7.90. The van der Waals surface area contributed by atoms with Crippen molar-refractivity contribution < 1.29 is 37.3 Å². The average molecular weight is 503 g/mol. The molecule has 0 fully saturated rings. The van der Waals surface area contributed by atoms with Crippen molar-refractivity contribution in [1.82, 2.24) is 14.4 Å². The number of amides is 1. The minimum absolute atomic E-state index is 0. The molecule has 3 aromatic heterocycles. The Morgan fingerprint density at radius 3 is 2.44 bits per heavy atom. The Balaban J connectivity index is 0.00000199. The Kier molecular flexibility index (Phi) is 8.37. The first-order valence-corrected chi connectivity index (χ1v) is 12.1. The highest BCUT2D eigenvalue weighted by atomic mass is 32.2. The molecular formula is C21H25F3N4O5S. The molecule has 3 rings (SSSR count). The normalized spacial score (nSPS) is 11.5. The van der Waals surface area contributed by atoms with Gasteiger partial charge in [-0.25, -0.2) is 23.2 Å². The Bertz CT molecular complexity index is 1310. The predicted octanol–water partition coefficient (Wildman–Crippen LogP) is 3.65. The van der Waals surface area contributed by atoms with Gasteiger partial charge in [-0.3, -0.25) is 4.79 Å². The number of anilines is 1. The second kappa shape index (κ2) is 10.6. The van der Waals surface area contributed by atoms with Crippen LogP contribution in [0.3, 0.4) is 0 Å². The molecule has 0 radical (unpaired) electrons. The molecule has 0 bridgehead atoms. The summed E-state index contributed by atoms with van der Waals surface area (Å²) in [5.74, 6) is -1.93. The number of esters is 1. The van der Waals surface area contributed by atoms with Crippen LogP contribution in [0.5, 0.6) is 0 Å².